The van der Waals surface area contributed by atoms with Crippen LogP contribution in [0.5, 0.6) is 0 Å². The molecule has 2 atom stereocenters. The summed E-state index contributed by atoms with van der Waals surface area (Å²) in [6.45, 7) is 2.15. The van der Waals surface area contributed by atoms with E-state index >= 15 is 0 Å². The number of nitrogens with zero attached hydrogens (tertiary/aromatic N) is 3. The first-order valence-electron chi connectivity index (χ1n) is 8.35. The van der Waals surface area contributed by atoms with Crippen molar-refractivity contribution < 1.29 is 14.7 Å². The van der Waals surface area contributed by atoms with Crippen LogP contribution in [0.2, 0.25) is 5.15 Å². The average Bonchev–Trinajstić information content (AvgIpc) is 3.09. The Labute approximate surface area is 155 Å². The van der Waals surface area contributed by atoms with E-state index in [0.29, 0.717) is 29.2 Å². The number of likely N-dealkylation sites (tertiary alicyclic amines) is 1. The smallest absolute Gasteiger partial charge is 0.407 e. The van der Waals surface area contributed by atoms with Crippen molar-refractivity contribution >= 4 is 23.6 Å². The van der Waals surface area contributed by atoms with Gasteiger partial charge in [0.15, 0.2) is 0 Å². The lowest BCUT2D eigenvalue weighted by Crippen LogP contribution is -2.56. The number of H-pyrrole nitrogens is 1. The van der Waals surface area contributed by atoms with Crippen molar-refractivity contribution in [3.63, 3.8) is 0 Å². The molecule has 1 saturated heterocycles. The van der Waals surface area contributed by atoms with E-state index in [9.17, 15) is 14.7 Å². The molecule has 3 rings (SSSR count). The minimum absolute atomic E-state index is 0.301. The molecule has 1 aliphatic heterocycles. The van der Waals surface area contributed by atoms with Gasteiger partial charge in [0.25, 0.3) is 0 Å². The fourth-order valence-corrected chi connectivity index (χ4v) is 3.62. The van der Waals surface area contributed by atoms with E-state index in [2.05, 4.69) is 20.5 Å². The molecule has 26 heavy (non-hydrogen) atoms. The highest BCUT2D eigenvalue weighted by atomic mass is 35.5. The number of halogens is 1. The minimum Gasteiger partial charge on any atom is -0.465 e. The summed E-state index contributed by atoms with van der Waals surface area (Å²) >= 11 is 6.23. The first kappa shape index (κ1) is 18.2. The summed E-state index contributed by atoms with van der Waals surface area (Å²) in [6.07, 6.45) is 5.78. The van der Waals surface area contributed by atoms with Gasteiger partial charge in [0.2, 0.25) is 5.91 Å². The Morgan fingerprint density at radius 3 is 2.85 bits per heavy atom. The summed E-state index contributed by atoms with van der Waals surface area (Å²) in [5, 5.41) is 19.3. The van der Waals surface area contributed by atoms with Gasteiger partial charge < -0.3 is 10.4 Å². The molecule has 1 aliphatic rings. The van der Waals surface area contributed by atoms with Crippen LogP contribution in [-0.2, 0) is 10.3 Å². The largest absolute Gasteiger partial charge is 0.465 e. The zero-order valence-corrected chi connectivity index (χ0v) is 15.0. The monoisotopic (exact) mass is 377 g/mol. The van der Waals surface area contributed by atoms with Gasteiger partial charge in [-0.3, -0.25) is 19.8 Å². The van der Waals surface area contributed by atoms with Gasteiger partial charge in [-0.2, -0.15) is 5.10 Å². The van der Waals surface area contributed by atoms with Crippen LogP contribution in [0.1, 0.15) is 37.3 Å². The Kier molecular flexibility index (Phi) is 5.13. The predicted molar refractivity (Wildman–Crippen MR) is 94.8 cm³/mol. The number of carbonyl (C=O) groups excluding carboxylic acids is 1. The lowest BCUT2D eigenvalue weighted by Gasteiger charge is -2.37. The van der Waals surface area contributed by atoms with Crippen LogP contribution >= 0.6 is 11.6 Å². The van der Waals surface area contributed by atoms with Gasteiger partial charge in [-0.15, -0.1) is 0 Å². The fraction of sp³-hybridized carbons (Fsp3) is 0.412. The number of hydrogen-bond acceptors (Lipinski definition) is 4. The van der Waals surface area contributed by atoms with Crippen LogP contribution in [0.4, 0.5) is 4.79 Å². The van der Waals surface area contributed by atoms with Crippen molar-refractivity contribution in [2.24, 2.45) is 0 Å². The third kappa shape index (κ3) is 3.37. The summed E-state index contributed by atoms with van der Waals surface area (Å²) in [6, 6.07) is 2.85. The third-order valence-corrected chi connectivity index (χ3v) is 5.08. The van der Waals surface area contributed by atoms with Gasteiger partial charge in [0, 0.05) is 30.1 Å². The first-order chi connectivity index (χ1) is 12.4. The molecule has 0 aromatic carbocycles. The summed E-state index contributed by atoms with van der Waals surface area (Å²) in [5.41, 5.74) is 0.296. The number of nitrogens with one attached hydrogen (secondary N) is 2. The van der Waals surface area contributed by atoms with E-state index in [1.807, 2.05) is 6.07 Å². The summed E-state index contributed by atoms with van der Waals surface area (Å²) in [7, 11) is 0. The maximum Gasteiger partial charge on any atom is 0.407 e. The van der Waals surface area contributed by atoms with E-state index in [1.54, 1.807) is 31.6 Å². The third-order valence-electron chi connectivity index (χ3n) is 4.79. The maximum absolute atomic E-state index is 13.0. The summed E-state index contributed by atoms with van der Waals surface area (Å²) in [4.78, 5) is 29.8. The molecule has 2 unspecified atom stereocenters. The zero-order chi connectivity index (χ0) is 18.7. The molecule has 2 aromatic heterocycles. The van der Waals surface area contributed by atoms with E-state index in [0.717, 1.165) is 12.8 Å². The van der Waals surface area contributed by atoms with Crippen molar-refractivity contribution in [1.29, 1.82) is 0 Å². The molecule has 9 heteroatoms. The molecule has 138 valence electrons. The molecule has 1 fully saturated rings. The number of carbonyl (C=O) groups is 2. The number of aromatic amines is 1. The number of amides is 2. The second kappa shape index (κ2) is 7.33. The van der Waals surface area contributed by atoms with E-state index in [1.165, 1.54) is 4.90 Å². The molecule has 2 amide bonds. The molecule has 0 spiro atoms. The quantitative estimate of drug-likeness (QED) is 0.757. The molecule has 0 bridgehead atoms. The SMILES string of the molecule is CC(NC(=O)C1CCCCN1C(=O)O)(c1cccnc1)c1cn[nH]c1Cl. The molecular weight excluding hydrogens is 358 g/mol. The number of aromatic nitrogens is 3. The second-order valence-electron chi connectivity index (χ2n) is 6.44. The second-order valence-corrected chi connectivity index (χ2v) is 6.82. The maximum atomic E-state index is 13.0. The van der Waals surface area contributed by atoms with Crippen LogP contribution in [0.25, 0.3) is 0 Å². The van der Waals surface area contributed by atoms with Crippen molar-refractivity contribution in [2.45, 2.75) is 37.8 Å². The first-order valence-corrected chi connectivity index (χ1v) is 8.72. The van der Waals surface area contributed by atoms with Gasteiger partial charge in [-0.25, -0.2) is 4.79 Å². The predicted octanol–water partition coefficient (Wildman–Crippen LogP) is 2.37. The highest BCUT2D eigenvalue weighted by Crippen LogP contribution is 2.33. The highest BCUT2D eigenvalue weighted by molar-refractivity contribution is 6.30. The Morgan fingerprint density at radius 2 is 2.23 bits per heavy atom. The lowest BCUT2D eigenvalue weighted by molar-refractivity contribution is -0.128. The van der Waals surface area contributed by atoms with Crippen LogP contribution in [-0.4, -0.2) is 49.8 Å². The topological polar surface area (TPSA) is 111 Å². The van der Waals surface area contributed by atoms with Gasteiger partial charge in [-0.1, -0.05) is 17.7 Å². The van der Waals surface area contributed by atoms with Crippen LogP contribution in [0, 0.1) is 0 Å². The Hall–Kier alpha value is -2.61. The molecule has 0 radical (unpaired) electrons. The van der Waals surface area contributed by atoms with Crippen LogP contribution < -0.4 is 5.32 Å². The standard InChI is InChI=1S/C17H20ClN5O3/c1-17(11-5-4-7-19-9-11,12-10-20-22-14(12)18)21-15(24)13-6-2-3-8-23(13)16(25)26/h4-5,7,9-10,13H,2-3,6,8H2,1H3,(H,20,22)(H,21,24)(H,25,26). The number of hydrogen-bond donors (Lipinski definition) is 3. The average molecular weight is 378 g/mol. The molecule has 3 heterocycles. The normalized spacial score (nSPS) is 19.6. The van der Waals surface area contributed by atoms with Gasteiger partial charge in [0.05, 0.1) is 11.7 Å². The number of carboxylic acid groups (broad SMARTS) is 1. The lowest BCUT2D eigenvalue weighted by atomic mass is 9.86. The van der Waals surface area contributed by atoms with Gasteiger partial charge in [0.1, 0.15) is 11.2 Å². The zero-order valence-electron chi connectivity index (χ0n) is 14.3. The Bertz CT molecular complexity index is 797. The van der Waals surface area contributed by atoms with Crippen molar-refractivity contribution in [3.8, 4) is 0 Å². The van der Waals surface area contributed by atoms with E-state index < -0.39 is 17.7 Å². The Morgan fingerprint density at radius 1 is 1.42 bits per heavy atom. The highest BCUT2D eigenvalue weighted by Gasteiger charge is 2.39. The van der Waals surface area contributed by atoms with Crippen LogP contribution in [0.15, 0.2) is 30.7 Å². The van der Waals surface area contributed by atoms with E-state index in [-0.39, 0.29) is 5.91 Å². The molecular formula is C17H20ClN5O3. The molecule has 2 aromatic rings. The number of rotatable bonds is 4. The van der Waals surface area contributed by atoms with E-state index in [4.69, 9.17) is 11.6 Å². The summed E-state index contributed by atoms with van der Waals surface area (Å²) in [5.74, 6) is -0.365. The molecule has 0 saturated carbocycles. The van der Waals surface area contributed by atoms with Gasteiger partial charge in [-0.05, 0) is 32.3 Å². The number of pyridine rings is 1. The Balaban J connectivity index is 1.95. The van der Waals surface area contributed by atoms with Crippen molar-refractivity contribution in [3.05, 3.63) is 47.0 Å². The molecule has 8 nitrogen and oxygen atoms in total. The molecule has 3 N–H and O–H groups in total. The van der Waals surface area contributed by atoms with Crippen molar-refractivity contribution in [1.82, 2.24) is 25.4 Å². The fourth-order valence-electron chi connectivity index (χ4n) is 3.34. The van der Waals surface area contributed by atoms with Crippen LogP contribution in [0.3, 0.4) is 0 Å². The minimum atomic E-state index is -1.09. The van der Waals surface area contributed by atoms with Crippen molar-refractivity contribution in [2.75, 3.05) is 6.54 Å². The molecule has 0 aliphatic carbocycles. The number of piperidine rings is 1. The van der Waals surface area contributed by atoms with Gasteiger partial charge >= 0.3 is 6.09 Å². The summed E-state index contributed by atoms with van der Waals surface area (Å²) < 4.78 is 0.